The fourth-order valence-corrected chi connectivity index (χ4v) is 3.16. The van der Waals surface area contributed by atoms with Crippen LogP contribution in [-0.2, 0) is 20.8 Å². The van der Waals surface area contributed by atoms with Gasteiger partial charge in [-0.05, 0) is 25.0 Å². The number of likely N-dealkylation sites (tertiary alicyclic amines) is 1. The Morgan fingerprint density at radius 3 is 2.88 bits per heavy atom. The molecule has 1 fully saturated rings. The number of amides is 2. The first-order valence-corrected chi connectivity index (χ1v) is 8.61. The molecule has 2 amide bonds. The summed E-state index contributed by atoms with van der Waals surface area (Å²) in [7, 11) is 1.58. The van der Waals surface area contributed by atoms with E-state index in [9.17, 15) is 14.4 Å². The fourth-order valence-electron chi connectivity index (χ4n) is 3.16. The van der Waals surface area contributed by atoms with Gasteiger partial charge in [-0.3, -0.25) is 14.4 Å². The maximum absolute atomic E-state index is 12.4. The number of imidazole rings is 1. The number of carboxylic acid groups (broad SMARTS) is 1. The van der Waals surface area contributed by atoms with Crippen molar-refractivity contribution >= 4 is 23.4 Å². The van der Waals surface area contributed by atoms with Crippen molar-refractivity contribution in [3.8, 4) is 0 Å². The Balaban J connectivity index is 1.56. The molecular weight excluding hydrogens is 336 g/mol. The van der Waals surface area contributed by atoms with Crippen molar-refractivity contribution in [2.45, 2.75) is 19.3 Å². The number of aromatic nitrogens is 2. The molecule has 1 aliphatic heterocycles. The minimum absolute atomic E-state index is 0.0570. The van der Waals surface area contributed by atoms with Gasteiger partial charge in [-0.2, -0.15) is 0 Å². The van der Waals surface area contributed by atoms with Crippen LogP contribution >= 0.6 is 0 Å². The first-order valence-electron chi connectivity index (χ1n) is 8.61. The molecule has 0 saturated carbocycles. The Labute approximate surface area is 151 Å². The van der Waals surface area contributed by atoms with Crippen molar-refractivity contribution in [1.82, 2.24) is 19.2 Å². The highest BCUT2D eigenvalue weighted by atomic mass is 16.4. The van der Waals surface area contributed by atoms with Crippen molar-refractivity contribution in [3.05, 3.63) is 36.3 Å². The fraction of sp³-hybridized carbons (Fsp3) is 0.444. The molecule has 1 N–H and O–H groups in total. The summed E-state index contributed by atoms with van der Waals surface area (Å²) in [6, 6.07) is 5.62. The highest BCUT2D eigenvalue weighted by Crippen LogP contribution is 2.17. The first-order chi connectivity index (χ1) is 12.4. The molecule has 8 nitrogen and oxygen atoms in total. The quantitative estimate of drug-likeness (QED) is 0.847. The highest BCUT2D eigenvalue weighted by Gasteiger charge is 2.29. The number of hydrogen-bond donors (Lipinski definition) is 1. The predicted molar refractivity (Wildman–Crippen MR) is 93.5 cm³/mol. The molecule has 0 spiro atoms. The Hall–Kier alpha value is -2.90. The van der Waals surface area contributed by atoms with Gasteiger partial charge in [0.05, 0.1) is 24.6 Å². The molecule has 0 aliphatic carbocycles. The summed E-state index contributed by atoms with van der Waals surface area (Å²) in [5, 5.41) is 9.12. The molecular formula is C18H22N4O4. The van der Waals surface area contributed by atoms with Crippen molar-refractivity contribution < 1.29 is 19.5 Å². The maximum Gasteiger partial charge on any atom is 0.308 e. The molecule has 0 radical (unpaired) electrons. The number of aliphatic carboxylic acids is 1. The van der Waals surface area contributed by atoms with Crippen LogP contribution in [0.2, 0.25) is 0 Å². The molecule has 8 heteroatoms. The van der Waals surface area contributed by atoms with E-state index in [1.807, 2.05) is 28.8 Å². The van der Waals surface area contributed by atoms with Gasteiger partial charge in [0.2, 0.25) is 11.8 Å². The third-order valence-electron chi connectivity index (χ3n) is 4.67. The van der Waals surface area contributed by atoms with E-state index >= 15 is 0 Å². The van der Waals surface area contributed by atoms with Gasteiger partial charge in [0.15, 0.2) is 0 Å². The van der Waals surface area contributed by atoms with E-state index in [1.165, 1.54) is 9.80 Å². The van der Waals surface area contributed by atoms with E-state index in [-0.39, 0.29) is 31.3 Å². The molecule has 3 heterocycles. The van der Waals surface area contributed by atoms with Crippen molar-refractivity contribution in [2.24, 2.45) is 5.92 Å². The molecule has 2 aromatic heterocycles. The van der Waals surface area contributed by atoms with Crippen LogP contribution in [0.3, 0.4) is 0 Å². The molecule has 26 heavy (non-hydrogen) atoms. The number of likely N-dealkylation sites (N-methyl/N-ethyl adjacent to an activating group) is 1. The minimum Gasteiger partial charge on any atom is -0.481 e. The van der Waals surface area contributed by atoms with E-state index in [0.717, 1.165) is 5.65 Å². The zero-order chi connectivity index (χ0) is 18.7. The van der Waals surface area contributed by atoms with Crippen LogP contribution < -0.4 is 0 Å². The monoisotopic (exact) mass is 358 g/mol. The Bertz CT molecular complexity index is 798. The van der Waals surface area contributed by atoms with Gasteiger partial charge in [0.1, 0.15) is 5.65 Å². The van der Waals surface area contributed by atoms with Crippen LogP contribution in [0.5, 0.6) is 0 Å². The Morgan fingerprint density at radius 1 is 1.35 bits per heavy atom. The number of pyridine rings is 1. The standard InChI is InChI=1S/C18H22N4O4/c1-20(12-17(24)22-8-4-5-13(10-22)18(25)26)16(23)9-14-11-21-7-3-2-6-15(21)19-14/h2-3,6-7,11,13H,4-5,8-10,12H2,1H3,(H,25,26). The third kappa shape index (κ3) is 4.01. The van der Waals surface area contributed by atoms with Gasteiger partial charge < -0.3 is 19.3 Å². The van der Waals surface area contributed by atoms with Crippen LogP contribution in [-0.4, -0.2) is 68.8 Å². The summed E-state index contributed by atoms with van der Waals surface area (Å²) in [6.45, 7) is 0.693. The van der Waals surface area contributed by atoms with Gasteiger partial charge in [-0.1, -0.05) is 6.07 Å². The third-order valence-corrected chi connectivity index (χ3v) is 4.67. The van der Waals surface area contributed by atoms with Gasteiger partial charge in [0.25, 0.3) is 0 Å². The summed E-state index contributed by atoms with van der Waals surface area (Å²) >= 11 is 0. The van der Waals surface area contributed by atoms with Gasteiger partial charge in [-0.25, -0.2) is 4.98 Å². The molecule has 1 saturated heterocycles. The first kappa shape index (κ1) is 17.9. The second-order valence-electron chi connectivity index (χ2n) is 6.64. The topological polar surface area (TPSA) is 95.2 Å². The number of carbonyl (C=O) groups excluding carboxylic acids is 2. The number of piperidine rings is 1. The van der Waals surface area contributed by atoms with Gasteiger partial charge in [0, 0.05) is 32.5 Å². The van der Waals surface area contributed by atoms with E-state index in [4.69, 9.17) is 5.11 Å². The average Bonchev–Trinajstić information content (AvgIpc) is 3.03. The van der Waals surface area contributed by atoms with Crippen LogP contribution in [0.15, 0.2) is 30.6 Å². The predicted octanol–water partition coefficient (Wildman–Crippen LogP) is 0.658. The molecule has 0 bridgehead atoms. The normalized spacial score (nSPS) is 17.3. The highest BCUT2D eigenvalue weighted by molar-refractivity contribution is 5.86. The Morgan fingerprint density at radius 2 is 2.15 bits per heavy atom. The smallest absolute Gasteiger partial charge is 0.308 e. The van der Waals surface area contributed by atoms with E-state index in [2.05, 4.69) is 4.98 Å². The Kier molecular flexibility index (Phi) is 5.20. The number of hydrogen-bond acceptors (Lipinski definition) is 4. The van der Waals surface area contributed by atoms with Crippen LogP contribution in [0.1, 0.15) is 18.5 Å². The lowest BCUT2D eigenvalue weighted by molar-refractivity contribution is -0.147. The maximum atomic E-state index is 12.4. The lowest BCUT2D eigenvalue weighted by Gasteiger charge is -2.32. The summed E-state index contributed by atoms with van der Waals surface area (Å²) in [5.74, 6) is -1.82. The van der Waals surface area contributed by atoms with Gasteiger partial charge >= 0.3 is 5.97 Å². The number of fused-ring (bicyclic) bond motifs is 1. The van der Waals surface area contributed by atoms with E-state index in [0.29, 0.717) is 25.1 Å². The summed E-state index contributed by atoms with van der Waals surface area (Å²) < 4.78 is 1.84. The van der Waals surface area contributed by atoms with Crippen molar-refractivity contribution in [2.75, 3.05) is 26.7 Å². The average molecular weight is 358 g/mol. The zero-order valence-corrected chi connectivity index (χ0v) is 14.7. The minimum atomic E-state index is -0.876. The largest absolute Gasteiger partial charge is 0.481 e. The van der Waals surface area contributed by atoms with Crippen LogP contribution in [0, 0.1) is 5.92 Å². The number of rotatable bonds is 5. The van der Waals surface area contributed by atoms with Crippen molar-refractivity contribution in [1.29, 1.82) is 0 Å². The second-order valence-corrected chi connectivity index (χ2v) is 6.64. The molecule has 0 aromatic carbocycles. The second kappa shape index (κ2) is 7.55. The number of carboxylic acids is 1. The lowest BCUT2D eigenvalue weighted by atomic mass is 9.98. The molecule has 1 unspecified atom stereocenters. The van der Waals surface area contributed by atoms with Crippen LogP contribution in [0.4, 0.5) is 0 Å². The van der Waals surface area contributed by atoms with Crippen LogP contribution in [0.25, 0.3) is 5.65 Å². The molecule has 2 aromatic rings. The van der Waals surface area contributed by atoms with Crippen molar-refractivity contribution in [3.63, 3.8) is 0 Å². The number of carbonyl (C=O) groups is 3. The summed E-state index contributed by atoms with van der Waals surface area (Å²) in [4.78, 5) is 43.2. The summed E-state index contributed by atoms with van der Waals surface area (Å²) in [5.41, 5.74) is 1.41. The molecule has 138 valence electrons. The molecule has 3 rings (SSSR count). The zero-order valence-electron chi connectivity index (χ0n) is 14.7. The molecule has 1 atom stereocenters. The molecule has 1 aliphatic rings. The summed E-state index contributed by atoms with van der Waals surface area (Å²) in [6.07, 6.45) is 5.02. The van der Waals surface area contributed by atoms with E-state index in [1.54, 1.807) is 13.2 Å². The number of nitrogens with zero attached hydrogens (tertiary/aromatic N) is 4. The van der Waals surface area contributed by atoms with Gasteiger partial charge in [-0.15, -0.1) is 0 Å². The van der Waals surface area contributed by atoms with E-state index < -0.39 is 11.9 Å². The lowest BCUT2D eigenvalue weighted by Crippen LogP contribution is -2.47. The SMILES string of the molecule is CN(CC(=O)N1CCCC(C(=O)O)C1)C(=O)Cc1cn2ccccc2n1.